The summed E-state index contributed by atoms with van der Waals surface area (Å²) in [4.78, 5) is 2.35. The van der Waals surface area contributed by atoms with Gasteiger partial charge in [-0.05, 0) is 30.2 Å². The molecule has 1 aromatic rings. The Morgan fingerprint density at radius 1 is 1.35 bits per heavy atom. The van der Waals surface area contributed by atoms with E-state index in [-0.39, 0.29) is 12.4 Å². The van der Waals surface area contributed by atoms with Crippen LogP contribution in [0.1, 0.15) is 38.3 Å². The molecular weight excluding hydrogens is 253 g/mol. The molecule has 0 heterocycles. The predicted molar refractivity (Wildman–Crippen MR) is 80.8 cm³/mol. The van der Waals surface area contributed by atoms with Crippen molar-refractivity contribution in [2.24, 2.45) is 5.92 Å². The molecule has 110 valence electrons. The van der Waals surface area contributed by atoms with Crippen molar-refractivity contribution < 1.29 is 9.50 Å². The van der Waals surface area contributed by atoms with Crippen LogP contribution >= 0.6 is 0 Å². The normalized spacial score (nSPS) is 12.1. The van der Waals surface area contributed by atoms with Gasteiger partial charge in [0, 0.05) is 13.1 Å². The second-order valence-electron chi connectivity index (χ2n) is 5.12. The number of benzene rings is 1. The summed E-state index contributed by atoms with van der Waals surface area (Å²) in [5.41, 5.74) is 1.41. The number of nitrogens with zero attached hydrogens (tertiary/aromatic N) is 1. The first kappa shape index (κ1) is 16.7. The molecule has 0 aliphatic carbocycles. The van der Waals surface area contributed by atoms with Crippen LogP contribution in [0.15, 0.2) is 18.2 Å². The summed E-state index contributed by atoms with van der Waals surface area (Å²) in [6.45, 7) is 9.14. The average molecular weight is 277 g/mol. The van der Waals surface area contributed by atoms with Gasteiger partial charge in [0.25, 0.3) is 0 Å². The standard InChI is InChI=1S/C17H24FNO/c1-4-14(3)12-19(5-2)13-15-8-9-17(18)16(11-15)7-6-10-20/h8-9,11,14,20H,4-5,10,12-13H2,1-3H3. The highest BCUT2D eigenvalue weighted by molar-refractivity contribution is 5.38. The lowest BCUT2D eigenvalue weighted by atomic mass is 10.1. The Hall–Kier alpha value is -1.37. The maximum atomic E-state index is 13.6. The highest BCUT2D eigenvalue weighted by atomic mass is 19.1. The summed E-state index contributed by atoms with van der Waals surface area (Å²) in [6.07, 6.45) is 1.16. The third-order valence-corrected chi connectivity index (χ3v) is 3.45. The van der Waals surface area contributed by atoms with Gasteiger partial charge < -0.3 is 5.11 Å². The zero-order valence-corrected chi connectivity index (χ0v) is 12.6. The molecule has 0 saturated carbocycles. The molecule has 1 rings (SSSR count). The largest absolute Gasteiger partial charge is 0.384 e. The van der Waals surface area contributed by atoms with E-state index in [0.717, 1.165) is 31.6 Å². The second-order valence-corrected chi connectivity index (χ2v) is 5.12. The number of hydrogen-bond donors (Lipinski definition) is 1. The van der Waals surface area contributed by atoms with Crippen molar-refractivity contribution in [3.63, 3.8) is 0 Å². The molecule has 0 radical (unpaired) electrons. The van der Waals surface area contributed by atoms with E-state index >= 15 is 0 Å². The fourth-order valence-corrected chi connectivity index (χ4v) is 2.03. The van der Waals surface area contributed by atoms with Crippen LogP contribution in [-0.4, -0.2) is 29.7 Å². The van der Waals surface area contributed by atoms with Crippen LogP contribution in [-0.2, 0) is 6.54 Å². The first-order valence-corrected chi connectivity index (χ1v) is 7.21. The third-order valence-electron chi connectivity index (χ3n) is 3.45. The lowest BCUT2D eigenvalue weighted by Gasteiger charge is -2.23. The van der Waals surface area contributed by atoms with Gasteiger partial charge in [-0.2, -0.15) is 0 Å². The van der Waals surface area contributed by atoms with Gasteiger partial charge in [-0.15, -0.1) is 0 Å². The monoisotopic (exact) mass is 277 g/mol. The molecule has 0 fully saturated rings. The van der Waals surface area contributed by atoms with Gasteiger partial charge in [0.15, 0.2) is 0 Å². The zero-order chi connectivity index (χ0) is 15.0. The minimum atomic E-state index is -0.334. The summed E-state index contributed by atoms with van der Waals surface area (Å²) >= 11 is 0. The molecule has 0 saturated heterocycles. The van der Waals surface area contributed by atoms with Crippen molar-refractivity contribution in [1.29, 1.82) is 0 Å². The molecule has 0 amide bonds. The predicted octanol–water partition coefficient (Wildman–Crippen LogP) is 3.04. The van der Waals surface area contributed by atoms with Gasteiger partial charge in [-0.1, -0.05) is 45.1 Å². The number of rotatable bonds is 6. The van der Waals surface area contributed by atoms with E-state index in [1.807, 2.05) is 0 Å². The molecule has 1 atom stereocenters. The molecule has 1 unspecified atom stereocenters. The van der Waals surface area contributed by atoms with E-state index in [0.29, 0.717) is 11.5 Å². The topological polar surface area (TPSA) is 23.5 Å². The van der Waals surface area contributed by atoms with Crippen LogP contribution in [0, 0.1) is 23.6 Å². The van der Waals surface area contributed by atoms with E-state index in [1.165, 1.54) is 6.07 Å². The van der Waals surface area contributed by atoms with Crippen LogP contribution in [0.25, 0.3) is 0 Å². The molecule has 0 aliphatic heterocycles. The summed E-state index contributed by atoms with van der Waals surface area (Å²) in [7, 11) is 0. The van der Waals surface area contributed by atoms with Gasteiger partial charge in [0.05, 0.1) is 5.56 Å². The number of halogens is 1. The van der Waals surface area contributed by atoms with Crippen molar-refractivity contribution >= 4 is 0 Å². The molecule has 0 aromatic heterocycles. The zero-order valence-electron chi connectivity index (χ0n) is 12.6. The second kappa shape index (κ2) is 8.73. The summed E-state index contributed by atoms with van der Waals surface area (Å²) in [5.74, 6) is 5.47. The molecule has 20 heavy (non-hydrogen) atoms. The van der Waals surface area contributed by atoms with Crippen molar-refractivity contribution in [1.82, 2.24) is 4.90 Å². The van der Waals surface area contributed by atoms with Gasteiger partial charge >= 0.3 is 0 Å². The van der Waals surface area contributed by atoms with Crippen molar-refractivity contribution in [3.05, 3.63) is 35.1 Å². The molecule has 0 aliphatic rings. The van der Waals surface area contributed by atoms with E-state index < -0.39 is 0 Å². The third kappa shape index (κ3) is 5.32. The Labute approximate surface area is 121 Å². The SMILES string of the molecule is CCC(C)CN(CC)Cc1ccc(F)c(C#CCO)c1. The molecule has 2 nitrogen and oxygen atoms in total. The maximum absolute atomic E-state index is 13.6. The first-order valence-electron chi connectivity index (χ1n) is 7.21. The number of aliphatic hydroxyl groups is 1. The number of aliphatic hydroxyl groups excluding tert-OH is 1. The van der Waals surface area contributed by atoms with Gasteiger partial charge in [-0.3, -0.25) is 4.90 Å². The van der Waals surface area contributed by atoms with E-state index in [4.69, 9.17) is 5.11 Å². The van der Waals surface area contributed by atoms with E-state index in [2.05, 4.69) is 37.5 Å². The first-order chi connectivity index (χ1) is 9.60. The fourth-order valence-electron chi connectivity index (χ4n) is 2.03. The number of hydrogen-bond acceptors (Lipinski definition) is 2. The molecule has 1 aromatic carbocycles. The lowest BCUT2D eigenvalue weighted by molar-refractivity contribution is 0.238. The van der Waals surface area contributed by atoms with Gasteiger partial charge in [0.1, 0.15) is 12.4 Å². The van der Waals surface area contributed by atoms with E-state index in [1.54, 1.807) is 12.1 Å². The molecular formula is C17H24FNO. The Morgan fingerprint density at radius 3 is 2.70 bits per heavy atom. The Kier molecular flexibility index (Phi) is 7.28. The van der Waals surface area contributed by atoms with Crippen LogP contribution < -0.4 is 0 Å². The Morgan fingerprint density at radius 2 is 2.10 bits per heavy atom. The van der Waals surface area contributed by atoms with Crippen LogP contribution in [0.4, 0.5) is 4.39 Å². The minimum Gasteiger partial charge on any atom is -0.384 e. The lowest BCUT2D eigenvalue weighted by Crippen LogP contribution is -2.27. The highest BCUT2D eigenvalue weighted by Gasteiger charge is 2.09. The summed E-state index contributed by atoms with van der Waals surface area (Å²) in [5, 5.41) is 8.69. The quantitative estimate of drug-likeness (QED) is 0.808. The average Bonchev–Trinajstić information content (AvgIpc) is 2.46. The molecule has 0 spiro atoms. The van der Waals surface area contributed by atoms with Crippen LogP contribution in [0.3, 0.4) is 0 Å². The summed E-state index contributed by atoms with van der Waals surface area (Å²) < 4.78 is 13.6. The van der Waals surface area contributed by atoms with Gasteiger partial charge in [-0.25, -0.2) is 4.39 Å². The highest BCUT2D eigenvalue weighted by Crippen LogP contribution is 2.13. The van der Waals surface area contributed by atoms with E-state index in [9.17, 15) is 4.39 Å². The summed E-state index contributed by atoms with van der Waals surface area (Å²) in [6, 6.07) is 5.03. The smallest absolute Gasteiger partial charge is 0.138 e. The van der Waals surface area contributed by atoms with Crippen LogP contribution in [0.2, 0.25) is 0 Å². The molecule has 0 bridgehead atoms. The van der Waals surface area contributed by atoms with Crippen molar-refractivity contribution in [3.8, 4) is 11.8 Å². The van der Waals surface area contributed by atoms with Gasteiger partial charge in [0.2, 0.25) is 0 Å². The maximum Gasteiger partial charge on any atom is 0.138 e. The fraction of sp³-hybridized carbons (Fsp3) is 0.529. The Balaban J connectivity index is 2.80. The minimum absolute atomic E-state index is 0.251. The van der Waals surface area contributed by atoms with Crippen molar-refractivity contribution in [2.75, 3.05) is 19.7 Å². The van der Waals surface area contributed by atoms with Crippen LogP contribution in [0.5, 0.6) is 0 Å². The van der Waals surface area contributed by atoms with Crippen molar-refractivity contribution in [2.45, 2.75) is 33.7 Å². The molecule has 3 heteroatoms. The molecule has 1 N–H and O–H groups in total. The Bertz CT molecular complexity index is 476.